The summed E-state index contributed by atoms with van der Waals surface area (Å²) in [6, 6.07) is 30.7. The van der Waals surface area contributed by atoms with E-state index in [1.54, 1.807) is 0 Å². The molecule has 1 heterocycles. The van der Waals surface area contributed by atoms with Gasteiger partial charge in [0.1, 0.15) is 18.3 Å². The first-order valence-corrected chi connectivity index (χ1v) is 14.3. The van der Waals surface area contributed by atoms with Crippen molar-refractivity contribution >= 4 is 0 Å². The Morgan fingerprint density at radius 1 is 0.692 bits per heavy atom. The van der Waals surface area contributed by atoms with E-state index in [4.69, 9.17) is 23.7 Å². The molecule has 3 aromatic rings. The maximum absolute atomic E-state index is 6.82. The highest BCUT2D eigenvalue weighted by Crippen LogP contribution is 2.41. The molecule has 1 aliphatic heterocycles. The van der Waals surface area contributed by atoms with Crippen molar-refractivity contribution in [3.05, 3.63) is 108 Å². The zero-order valence-electron chi connectivity index (χ0n) is 23.8. The molecule has 0 spiro atoms. The molecule has 0 saturated carbocycles. The van der Waals surface area contributed by atoms with Crippen LogP contribution < -0.4 is 0 Å². The number of hydrogen-bond donors (Lipinski definition) is 0. The van der Waals surface area contributed by atoms with Crippen molar-refractivity contribution in [3.8, 4) is 0 Å². The molecule has 0 bridgehead atoms. The smallest absolute Gasteiger partial charge is 0.198 e. The lowest BCUT2D eigenvalue weighted by molar-refractivity contribution is -0.386. The number of rotatable bonds is 14. The van der Waals surface area contributed by atoms with Gasteiger partial charge in [0.2, 0.25) is 0 Å². The summed E-state index contributed by atoms with van der Waals surface area (Å²) < 4.78 is 33.6. The van der Waals surface area contributed by atoms with Gasteiger partial charge in [-0.2, -0.15) is 0 Å². The molecule has 5 atom stereocenters. The number of unbranched alkanes of at least 4 members (excludes halogenated alkanes) is 1. The summed E-state index contributed by atoms with van der Waals surface area (Å²) >= 11 is 0. The predicted molar refractivity (Wildman–Crippen MR) is 154 cm³/mol. The van der Waals surface area contributed by atoms with Crippen molar-refractivity contribution in [2.24, 2.45) is 0 Å². The average molecular weight is 533 g/mol. The van der Waals surface area contributed by atoms with Gasteiger partial charge < -0.3 is 23.7 Å². The average Bonchev–Trinajstić information content (AvgIpc) is 2.95. The van der Waals surface area contributed by atoms with E-state index in [0.717, 1.165) is 29.5 Å². The van der Waals surface area contributed by atoms with Crippen molar-refractivity contribution in [3.63, 3.8) is 0 Å². The fourth-order valence-electron chi connectivity index (χ4n) is 5.24. The summed E-state index contributed by atoms with van der Waals surface area (Å²) in [5.41, 5.74) is 3.30. The van der Waals surface area contributed by atoms with Crippen molar-refractivity contribution in [1.29, 1.82) is 0 Å². The molecular weight excluding hydrogens is 488 g/mol. The van der Waals surface area contributed by atoms with Crippen LogP contribution in [0.15, 0.2) is 91.0 Å². The molecule has 210 valence electrons. The van der Waals surface area contributed by atoms with Crippen molar-refractivity contribution in [1.82, 2.24) is 0 Å². The van der Waals surface area contributed by atoms with Crippen LogP contribution in [0, 0.1) is 0 Å². The molecule has 39 heavy (non-hydrogen) atoms. The van der Waals surface area contributed by atoms with Crippen LogP contribution in [0.2, 0.25) is 0 Å². The minimum atomic E-state index is -0.952. The molecule has 5 heteroatoms. The number of benzene rings is 3. The van der Waals surface area contributed by atoms with Crippen molar-refractivity contribution in [2.75, 3.05) is 0 Å². The van der Waals surface area contributed by atoms with E-state index in [1.807, 2.05) is 68.4 Å². The second kappa shape index (κ2) is 14.7. The van der Waals surface area contributed by atoms with E-state index < -0.39 is 18.0 Å². The van der Waals surface area contributed by atoms with Crippen LogP contribution in [0.3, 0.4) is 0 Å². The molecule has 0 N–H and O–H groups in total. The lowest BCUT2D eigenvalue weighted by atomic mass is 9.88. The highest BCUT2D eigenvalue weighted by molar-refractivity contribution is 5.16. The first kappa shape index (κ1) is 29.4. The monoisotopic (exact) mass is 532 g/mol. The second-order valence-electron chi connectivity index (χ2n) is 10.6. The Labute approximate surface area is 234 Å². The van der Waals surface area contributed by atoms with Gasteiger partial charge in [-0.3, -0.25) is 0 Å². The highest BCUT2D eigenvalue weighted by atomic mass is 16.7. The van der Waals surface area contributed by atoms with E-state index in [9.17, 15) is 0 Å². The standard InChI is InChI=1S/C34H44O5/c1-5-6-22-34(38-26(2)3)33(37-25-30-20-14-9-15-21-30)32(36-24-29-18-12-8-13-19-29)31(27(4)39-34)35-23-28-16-10-7-11-17-28/h7-21,26-27,31-33H,5-6,22-25H2,1-4H3/t27-,31+,32+,33-,34+/m0/s1. The number of ether oxygens (including phenoxy) is 5. The van der Waals surface area contributed by atoms with Crippen LogP contribution in [-0.2, 0) is 43.5 Å². The first-order valence-electron chi connectivity index (χ1n) is 14.3. The second-order valence-corrected chi connectivity index (χ2v) is 10.6. The minimum Gasteiger partial charge on any atom is -0.368 e. The van der Waals surface area contributed by atoms with Gasteiger partial charge in [-0.25, -0.2) is 0 Å². The van der Waals surface area contributed by atoms with Gasteiger partial charge in [0.15, 0.2) is 5.79 Å². The van der Waals surface area contributed by atoms with Gasteiger partial charge in [-0.05, 0) is 43.9 Å². The van der Waals surface area contributed by atoms with Gasteiger partial charge in [0.25, 0.3) is 0 Å². The molecule has 3 aromatic carbocycles. The van der Waals surface area contributed by atoms with Gasteiger partial charge in [-0.15, -0.1) is 0 Å². The summed E-state index contributed by atoms with van der Waals surface area (Å²) in [6.45, 7) is 9.68. The SMILES string of the molecule is CCCC[C@@]1(OC(C)C)O[C@@H](C)[C@@H](OCc2ccccc2)[C@@H](OCc2ccccc2)[C@@H]1OCc1ccccc1. The molecule has 0 aromatic heterocycles. The predicted octanol–water partition coefficient (Wildman–Crippen LogP) is 7.47. The van der Waals surface area contributed by atoms with E-state index >= 15 is 0 Å². The van der Waals surface area contributed by atoms with Crippen LogP contribution >= 0.6 is 0 Å². The topological polar surface area (TPSA) is 46.2 Å². The van der Waals surface area contributed by atoms with Crippen LogP contribution in [0.1, 0.15) is 63.6 Å². The normalized spacial score (nSPS) is 25.2. The maximum Gasteiger partial charge on any atom is 0.198 e. The van der Waals surface area contributed by atoms with E-state index in [0.29, 0.717) is 26.2 Å². The lowest BCUT2D eigenvalue weighted by Gasteiger charge is -2.52. The molecule has 0 aliphatic carbocycles. The molecule has 0 radical (unpaired) electrons. The third-order valence-corrected chi connectivity index (χ3v) is 7.06. The summed E-state index contributed by atoms with van der Waals surface area (Å²) in [5, 5.41) is 0. The molecule has 1 aliphatic rings. The summed E-state index contributed by atoms with van der Waals surface area (Å²) in [7, 11) is 0. The molecular formula is C34H44O5. The highest BCUT2D eigenvalue weighted by Gasteiger charge is 2.56. The zero-order chi connectivity index (χ0) is 27.5. The Balaban J connectivity index is 1.68. The summed E-state index contributed by atoms with van der Waals surface area (Å²) in [4.78, 5) is 0. The largest absolute Gasteiger partial charge is 0.368 e. The Kier molecular flexibility index (Phi) is 11.1. The van der Waals surface area contributed by atoms with Gasteiger partial charge in [0, 0.05) is 6.42 Å². The first-order chi connectivity index (χ1) is 19.0. The van der Waals surface area contributed by atoms with Crippen LogP contribution in [0.4, 0.5) is 0 Å². The van der Waals surface area contributed by atoms with Crippen LogP contribution in [0.25, 0.3) is 0 Å². The lowest BCUT2D eigenvalue weighted by Crippen LogP contribution is -2.67. The molecule has 1 saturated heterocycles. The third-order valence-electron chi connectivity index (χ3n) is 7.06. The molecule has 0 unspecified atom stereocenters. The van der Waals surface area contributed by atoms with Crippen molar-refractivity contribution < 1.29 is 23.7 Å². The van der Waals surface area contributed by atoms with Crippen molar-refractivity contribution in [2.45, 2.75) is 103 Å². The van der Waals surface area contributed by atoms with Gasteiger partial charge in [-0.1, -0.05) is 104 Å². The molecule has 5 nitrogen and oxygen atoms in total. The Bertz CT molecular complexity index is 1070. The summed E-state index contributed by atoms with van der Waals surface area (Å²) in [6.07, 6.45) is 1.13. The fourth-order valence-corrected chi connectivity index (χ4v) is 5.24. The van der Waals surface area contributed by atoms with Crippen LogP contribution in [-0.4, -0.2) is 36.3 Å². The minimum absolute atomic E-state index is 0.0477. The fraction of sp³-hybridized carbons (Fsp3) is 0.471. The molecule has 4 rings (SSSR count). The van der Waals surface area contributed by atoms with Crippen LogP contribution in [0.5, 0.6) is 0 Å². The van der Waals surface area contributed by atoms with E-state index in [1.165, 1.54) is 0 Å². The maximum atomic E-state index is 6.82. The molecule has 1 fully saturated rings. The Hall–Kier alpha value is -2.54. The Morgan fingerprint density at radius 2 is 1.15 bits per heavy atom. The molecule has 0 amide bonds. The summed E-state index contributed by atoms with van der Waals surface area (Å²) in [5.74, 6) is -0.952. The number of hydrogen-bond acceptors (Lipinski definition) is 5. The van der Waals surface area contributed by atoms with Gasteiger partial charge in [0.05, 0.1) is 32.0 Å². The van der Waals surface area contributed by atoms with E-state index in [2.05, 4.69) is 50.2 Å². The Morgan fingerprint density at radius 3 is 1.62 bits per heavy atom. The third kappa shape index (κ3) is 8.23. The van der Waals surface area contributed by atoms with E-state index in [-0.39, 0.29) is 18.3 Å². The van der Waals surface area contributed by atoms with Gasteiger partial charge >= 0.3 is 0 Å². The zero-order valence-corrected chi connectivity index (χ0v) is 23.8. The quantitative estimate of drug-likeness (QED) is 0.215.